The summed E-state index contributed by atoms with van der Waals surface area (Å²) in [5, 5.41) is 0.951. The van der Waals surface area contributed by atoms with Crippen LogP contribution in [0.15, 0.2) is 24.4 Å². The molecule has 6 heteroatoms. The number of aryl methyl sites for hydroxylation is 1. The molecule has 1 atom stereocenters. The van der Waals surface area contributed by atoms with Crippen molar-refractivity contribution in [3.8, 4) is 0 Å². The lowest BCUT2D eigenvalue weighted by atomic mass is 10.1. The highest BCUT2D eigenvalue weighted by Gasteiger charge is 2.39. The van der Waals surface area contributed by atoms with Crippen LogP contribution in [-0.2, 0) is 7.05 Å². The van der Waals surface area contributed by atoms with Crippen LogP contribution in [0.25, 0.3) is 10.9 Å². The van der Waals surface area contributed by atoms with Gasteiger partial charge in [-0.25, -0.2) is 0 Å². The van der Waals surface area contributed by atoms with E-state index in [9.17, 15) is 13.2 Å². The molecule has 0 saturated carbocycles. The Bertz CT molecular complexity index is 560. The van der Waals surface area contributed by atoms with Gasteiger partial charge in [0.1, 0.15) is 6.04 Å². The van der Waals surface area contributed by atoms with Gasteiger partial charge in [-0.2, -0.15) is 13.2 Å². The molecule has 1 heterocycles. The Kier molecular flexibility index (Phi) is 2.83. The first-order chi connectivity index (χ1) is 7.80. The average molecular weight is 263 g/mol. The molecular weight excluding hydrogens is 253 g/mol. The topological polar surface area (TPSA) is 30.9 Å². The second kappa shape index (κ2) is 3.92. The predicted octanol–water partition coefficient (Wildman–Crippen LogP) is 3.39. The smallest absolute Gasteiger partial charge is 0.350 e. The maximum atomic E-state index is 12.6. The fourth-order valence-electron chi connectivity index (χ4n) is 1.81. The van der Waals surface area contributed by atoms with Crippen LogP contribution in [0.2, 0.25) is 5.02 Å². The number of fused-ring (bicyclic) bond motifs is 1. The normalized spacial score (nSPS) is 14.2. The summed E-state index contributed by atoms with van der Waals surface area (Å²) in [6, 6.07) is 2.74. The van der Waals surface area contributed by atoms with Gasteiger partial charge in [-0.1, -0.05) is 17.7 Å². The molecule has 0 radical (unpaired) electrons. The van der Waals surface area contributed by atoms with Gasteiger partial charge in [-0.3, -0.25) is 0 Å². The fraction of sp³-hybridized carbons (Fsp3) is 0.273. The Balaban J connectivity index is 2.64. The van der Waals surface area contributed by atoms with E-state index in [1.54, 1.807) is 29.8 Å². The van der Waals surface area contributed by atoms with Crippen molar-refractivity contribution in [1.29, 1.82) is 0 Å². The first-order valence-corrected chi connectivity index (χ1v) is 5.25. The monoisotopic (exact) mass is 262 g/mol. The van der Waals surface area contributed by atoms with Crippen LogP contribution in [0.5, 0.6) is 0 Å². The standard InChI is InChI=1S/C11H10ClF3N2/c1-17-5-8(10(16)11(13,14)15)7-3-2-6(12)4-9(7)17/h2-5,10H,16H2,1H3. The highest BCUT2D eigenvalue weighted by atomic mass is 35.5. The van der Waals surface area contributed by atoms with Gasteiger partial charge in [0.25, 0.3) is 0 Å². The van der Waals surface area contributed by atoms with E-state index in [2.05, 4.69) is 0 Å². The minimum atomic E-state index is -4.45. The zero-order valence-electron chi connectivity index (χ0n) is 8.92. The third-order valence-corrected chi connectivity index (χ3v) is 2.91. The van der Waals surface area contributed by atoms with Crippen molar-refractivity contribution in [3.05, 3.63) is 35.0 Å². The Labute approximate surface area is 101 Å². The lowest BCUT2D eigenvalue weighted by Gasteiger charge is -2.14. The van der Waals surface area contributed by atoms with Crippen molar-refractivity contribution in [2.75, 3.05) is 0 Å². The van der Waals surface area contributed by atoms with Gasteiger partial charge >= 0.3 is 6.18 Å². The Morgan fingerprint density at radius 2 is 2.00 bits per heavy atom. The van der Waals surface area contributed by atoms with Gasteiger partial charge in [-0.05, 0) is 12.1 Å². The Hall–Kier alpha value is -1.20. The number of nitrogens with zero attached hydrogens (tertiary/aromatic N) is 1. The van der Waals surface area contributed by atoms with Crippen LogP contribution in [0.4, 0.5) is 13.2 Å². The molecule has 1 aromatic carbocycles. The van der Waals surface area contributed by atoms with Crippen molar-refractivity contribution in [3.63, 3.8) is 0 Å². The van der Waals surface area contributed by atoms with E-state index in [-0.39, 0.29) is 5.56 Å². The maximum Gasteiger partial charge on any atom is 0.407 e. The van der Waals surface area contributed by atoms with Crippen LogP contribution in [0, 0.1) is 0 Å². The molecule has 2 N–H and O–H groups in total. The lowest BCUT2D eigenvalue weighted by Crippen LogP contribution is -2.28. The second-order valence-electron chi connectivity index (χ2n) is 3.88. The Morgan fingerprint density at radius 1 is 1.35 bits per heavy atom. The van der Waals surface area contributed by atoms with Crippen molar-refractivity contribution >= 4 is 22.5 Å². The molecule has 0 amide bonds. The molecule has 1 unspecified atom stereocenters. The number of alkyl halides is 3. The van der Waals surface area contributed by atoms with Gasteiger partial charge in [0.2, 0.25) is 0 Å². The van der Waals surface area contributed by atoms with Crippen molar-refractivity contribution in [2.24, 2.45) is 12.8 Å². The highest BCUT2D eigenvalue weighted by molar-refractivity contribution is 6.31. The summed E-state index contributed by atoms with van der Waals surface area (Å²) in [4.78, 5) is 0. The van der Waals surface area contributed by atoms with Crippen LogP contribution >= 0.6 is 11.6 Å². The second-order valence-corrected chi connectivity index (χ2v) is 4.31. The molecule has 0 aliphatic rings. The van der Waals surface area contributed by atoms with Crippen molar-refractivity contribution in [1.82, 2.24) is 4.57 Å². The largest absolute Gasteiger partial charge is 0.407 e. The van der Waals surface area contributed by atoms with E-state index in [0.29, 0.717) is 15.9 Å². The summed E-state index contributed by atoms with van der Waals surface area (Å²) in [7, 11) is 1.66. The molecule has 2 rings (SSSR count). The molecule has 2 nitrogen and oxygen atoms in total. The maximum absolute atomic E-state index is 12.6. The van der Waals surface area contributed by atoms with Gasteiger partial charge in [0.05, 0.1) is 0 Å². The lowest BCUT2D eigenvalue weighted by molar-refractivity contribution is -0.148. The van der Waals surface area contributed by atoms with E-state index >= 15 is 0 Å². The van der Waals surface area contributed by atoms with Crippen LogP contribution in [0.1, 0.15) is 11.6 Å². The SMILES string of the molecule is Cn1cc(C(N)C(F)(F)F)c2ccc(Cl)cc21. The van der Waals surface area contributed by atoms with Crippen LogP contribution < -0.4 is 5.73 Å². The number of aromatic nitrogens is 1. The highest BCUT2D eigenvalue weighted by Crippen LogP contribution is 2.35. The minimum Gasteiger partial charge on any atom is -0.350 e. The predicted molar refractivity (Wildman–Crippen MR) is 60.9 cm³/mol. The van der Waals surface area contributed by atoms with E-state index in [1.165, 1.54) is 6.20 Å². The molecule has 1 aromatic heterocycles. The van der Waals surface area contributed by atoms with E-state index in [4.69, 9.17) is 17.3 Å². The molecule has 0 aliphatic heterocycles. The number of halogens is 4. The summed E-state index contributed by atoms with van der Waals surface area (Å²) >= 11 is 5.80. The molecule has 2 aromatic rings. The van der Waals surface area contributed by atoms with Crippen LogP contribution in [-0.4, -0.2) is 10.7 Å². The quantitative estimate of drug-likeness (QED) is 0.839. The summed E-state index contributed by atoms with van der Waals surface area (Å²) in [6.45, 7) is 0. The zero-order chi connectivity index (χ0) is 12.8. The van der Waals surface area contributed by atoms with E-state index < -0.39 is 12.2 Å². The summed E-state index contributed by atoms with van der Waals surface area (Å²) in [6.07, 6.45) is -3.06. The average Bonchev–Trinajstić information content (AvgIpc) is 2.53. The number of rotatable bonds is 1. The third kappa shape index (κ3) is 2.12. The Morgan fingerprint density at radius 3 is 2.59 bits per heavy atom. The molecular formula is C11H10ClF3N2. The number of hydrogen-bond donors (Lipinski definition) is 1. The number of nitrogens with two attached hydrogens (primary N) is 1. The molecule has 0 bridgehead atoms. The van der Waals surface area contributed by atoms with Gasteiger partial charge in [0, 0.05) is 34.7 Å². The molecule has 17 heavy (non-hydrogen) atoms. The van der Waals surface area contributed by atoms with Gasteiger partial charge in [-0.15, -0.1) is 0 Å². The summed E-state index contributed by atoms with van der Waals surface area (Å²) in [5.74, 6) is 0. The molecule has 0 fully saturated rings. The first kappa shape index (κ1) is 12.3. The fourth-order valence-corrected chi connectivity index (χ4v) is 1.98. The molecule has 0 saturated heterocycles. The zero-order valence-corrected chi connectivity index (χ0v) is 9.68. The molecule has 0 aliphatic carbocycles. The van der Waals surface area contributed by atoms with E-state index in [0.717, 1.165) is 0 Å². The van der Waals surface area contributed by atoms with Crippen LogP contribution in [0.3, 0.4) is 0 Å². The van der Waals surface area contributed by atoms with Crippen molar-refractivity contribution in [2.45, 2.75) is 12.2 Å². The molecule has 92 valence electrons. The molecule has 0 spiro atoms. The summed E-state index contributed by atoms with van der Waals surface area (Å²) < 4.78 is 39.4. The summed E-state index contributed by atoms with van der Waals surface area (Å²) in [5.41, 5.74) is 5.91. The number of hydrogen-bond acceptors (Lipinski definition) is 1. The number of benzene rings is 1. The third-order valence-electron chi connectivity index (χ3n) is 2.67. The van der Waals surface area contributed by atoms with Crippen molar-refractivity contribution < 1.29 is 13.2 Å². The van der Waals surface area contributed by atoms with Gasteiger partial charge < -0.3 is 10.3 Å². The minimum absolute atomic E-state index is 0.0617. The van der Waals surface area contributed by atoms with E-state index in [1.807, 2.05) is 0 Å². The van der Waals surface area contributed by atoms with Gasteiger partial charge in [0.15, 0.2) is 0 Å². The first-order valence-electron chi connectivity index (χ1n) is 4.87.